The van der Waals surface area contributed by atoms with Crippen LogP contribution in [-0.2, 0) is 16.0 Å². The highest BCUT2D eigenvalue weighted by molar-refractivity contribution is 5.76. The fraction of sp³-hybridized carbons (Fsp3) is 0.235. The van der Waals surface area contributed by atoms with Crippen LogP contribution in [0.4, 0.5) is 0 Å². The minimum Gasteiger partial charge on any atom is -0.465 e. The smallest absolute Gasteiger partial charge is 0.323 e. The van der Waals surface area contributed by atoms with Crippen molar-refractivity contribution < 1.29 is 9.53 Å². The van der Waals surface area contributed by atoms with Gasteiger partial charge in [0.2, 0.25) is 0 Å². The quantitative estimate of drug-likeness (QED) is 0.849. The molecule has 2 N–H and O–H groups in total. The molecule has 2 aromatic rings. The maximum absolute atomic E-state index is 11.6. The second-order valence-corrected chi connectivity index (χ2v) is 4.63. The number of hydrogen-bond donors (Lipinski definition) is 1. The minimum atomic E-state index is -0.610. The normalized spacial score (nSPS) is 11.9. The van der Waals surface area contributed by atoms with Crippen LogP contribution in [0.1, 0.15) is 12.5 Å². The molecule has 2 rings (SSSR count). The Morgan fingerprint density at radius 2 is 1.80 bits per heavy atom. The first-order chi connectivity index (χ1) is 9.70. The molecule has 0 heterocycles. The third-order valence-electron chi connectivity index (χ3n) is 3.08. The third-order valence-corrected chi connectivity index (χ3v) is 3.08. The number of ether oxygens (including phenoxy) is 1. The van der Waals surface area contributed by atoms with Crippen LogP contribution in [0.15, 0.2) is 54.6 Å². The lowest BCUT2D eigenvalue weighted by Crippen LogP contribution is -2.34. The Morgan fingerprint density at radius 1 is 1.10 bits per heavy atom. The van der Waals surface area contributed by atoms with Crippen molar-refractivity contribution in [3.8, 4) is 11.1 Å². The van der Waals surface area contributed by atoms with E-state index >= 15 is 0 Å². The lowest BCUT2D eigenvalue weighted by Gasteiger charge is -2.11. The van der Waals surface area contributed by atoms with Gasteiger partial charge >= 0.3 is 5.97 Å². The Morgan fingerprint density at radius 3 is 2.50 bits per heavy atom. The van der Waals surface area contributed by atoms with Gasteiger partial charge in [-0.3, -0.25) is 4.79 Å². The standard InChI is InChI=1S/C17H19NO2/c1-2-20-17(19)16(18)12-13-7-6-10-15(11-13)14-8-4-3-5-9-14/h3-11,16H,2,12,18H2,1H3. The Hall–Kier alpha value is -2.13. The van der Waals surface area contributed by atoms with Crippen LogP contribution in [-0.4, -0.2) is 18.6 Å². The largest absolute Gasteiger partial charge is 0.465 e. The molecule has 0 aliphatic heterocycles. The lowest BCUT2D eigenvalue weighted by atomic mass is 10.00. The molecule has 0 radical (unpaired) electrons. The summed E-state index contributed by atoms with van der Waals surface area (Å²) in [5, 5.41) is 0. The maximum Gasteiger partial charge on any atom is 0.323 e. The van der Waals surface area contributed by atoms with Crippen molar-refractivity contribution in [1.82, 2.24) is 0 Å². The molecule has 0 fully saturated rings. The SMILES string of the molecule is CCOC(=O)C(N)Cc1cccc(-c2ccccc2)c1. The summed E-state index contributed by atoms with van der Waals surface area (Å²) in [6, 6.07) is 17.6. The molecule has 2 aromatic carbocycles. The van der Waals surface area contributed by atoms with E-state index in [1.165, 1.54) is 0 Å². The molecule has 20 heavy (non-hydrogen) atoms. The zero-order valence-electron chi connectivity index (χ0n) is 11.6. The van der Waals surface area contributed by atoms with E-state index in [4.69, 9.17) is 10.5 Å². The van der Waals surface area contributed by atoms with Crippen LogP contribution >= 0.6 is 0 Å². The van der Waals surface area contributed by atoms with Crippen molar-refractivity contribution in [2.45, 2.75) is 19.4 Å². The van der Waals surface area contributed by atoms with Crippen molar-refractivity contribution in [3.63, 3.8) is 0 Å². The highest BCUT2D eigenvalue weighted by Gasteiger charge is 2.15. The molecule has 0 saturated heterocycles. The molecule has 1 atom stereocenters. The molecule has 0 spiro atoms. The Labute approximate surface area is 119 Å². The van der Waals surface area contributed by atoms with Gasteiger partial charge < -0.3 is 10.5 Å². The third kappa shape index (κ3) is 3.68. The second kappa shape index (κ2) is 6.87. The molecule has 3 nitrogen and oxygen atoms in total. The molecule has 0 bridgehead atoms. The predicted octanol–water partition coefficient (Wildman–Crippen LogP) is 2.79. The van der Waals surface area contributed by atoms with Crippen LogP contribution in [0.2, 0.25) is 0 Å². The molecule has 0 aromatic heterocycles. The lowest BCUT2D eigenvalue weighted by molar-refractivity contribution is -0.144. The average Bonchev–Trinajstić information content (AvgIpc) is 2.48. The number of benzene rings is 2. The molecule has 0 aliphatic rings. The fourth-order valence-electron chi connectivity index (χ4n) is 2.10. The van der Waals surface area contributed by atoms with Crippen molar-refractivity contribution in [3.05, 3.63) is 60.2 Å². The minimum absolute atomic E-state index is 0.349. The maximum atomic E-state index is 11.6. The number of esters is 1. The monoisotopic (exact) mass is 269 g/mol. The van der Waals surface area contributed by atoms with E-state index in [1.807, 2.05) is 30.3 Å². The summed E-state index contributed by atoms with van der Waals surface area (Å²) in [7, 11) is 0. The van der Waals surface area contributed by atoms with Crippen LogP contribution in [0.3, 0.4) is 0 Å². The van der Waals surface area contributed by atoms with Gasteiger partial charge in [-0.2, -0.15) is 0 Å². The van der Waals surface area contributed by atoms with Gasteiger partial charge in [-0.1, -0.05) is 54.6 Å². The van der Waals surface area contributed by atoms with Crippen molar-refractivity contribution in [1.29, 1.82) is 0 Å². The first kappa shape index (κ1) is 14.3. The zero-order chi connectivity index (χ0) is 14.4. The summed E-state index contributed by atoms with van der Waals surface area (Å²) >= 11 is 0. The van der Waals surface area contributed by atoms with Gasteiger partial charge in [-0.25, -0.2) is 0 Å². The van der Waals surface area contributed by atoms with Crippen molar-refractivity contribution in [2.75, 3.05) is 6.61 Å². The molecule has 0 amide bonds. The van der Waals surface area contributed by atoms with Crippen molar-refractivity contribution in [2.24, 2.45) is 5.73 Å². The van der Waals surface area contributed by atoms with Gasteiger partial charge in [-0.05, 0) is 30.0 Å². The highest BCUT2D eigenvalue weighted by Crippen LogP contribution is 2.20. The van der Waals surface area contributed by atoms with E-state index in [0.717, 1.165) is 16.7 Å². The predicted molar refractivity (Wildman–Crippen MR) is 80.2 cm³/mol. The number of rotatable bonds is 5. The van der Waals surface area contributed by atoms with Crippen LogP contribution < -0.4 is 5.73 Å². The fourth-order valence-corrected chi connectivity index (χ4v) is 2.10. The Kier molecular flexibility index (Phi) is 4.91. The summed E-state index contributed by atoms with van der Waals surface area (Å²) < 4.78 is 4.93. The Balaban J connectivity index is 2.12. The summed E-state index contributed by atoms with van der Waals surface area (Å²) in [6.45, 7) is 2.14. The van der Waals surface area contributed by atoms with Crippen LogP contribution in [0.5, 0.6) is 0 Å². The van der Waals surface area contributed by atoms with E-state index in [1.54, 1.807) is 6.92 Å². The van der Waals surface area contributed by atoms with E-state index in [2.05, 4.69) is 24.3 Å². The van der Waals surface area contributed by atoms with E-state index < -0.39 is 6.04 Å². The molecule has 1 unspecified atom stereocenters. The number of carbonyl (C=O) groups excluding carboxylic acids is 1. The molecular formula is C17H19NO2. The molecule has 3 heteroatoms. The number of carbonyl (C=O) groups is 1. The average molecular weight is 269 g/mol. The van der Waals surface area contributed by atoms with E-state index in [-0.39, 0.29) is 5.97 Å². The van der Waals surface area contributed by atoms with Crippen LogP contribution in [0, 0.1) is 0 Å². The Bertz CT molecular complexity index is 566. The van der Waals surface area contributed by atoms with Gasteiger partial charge in [0.1, 0.15) is 6.04 Å². The van der Waals surface area contributed by atoms with Gasteiger partial charge in [0, 0.05) is 0 Å². The summed E-state index contributed by atoms with van der Waals surface area (Å²) in [5.41, 5.74) is 9.16. The van der Waals surface area contributed by atoms with Gasteiger partial charge in [-0.15, -0.1) is 0 Å². The van der Waals surface area contributed by atoms with Gasteiger partial charge in [0.05, 0.1) is 6.61 Å². The molecular weight excluding hydrogens is 250 g/mol. The van der Waals surface area contributed by atoms with Crippen LogP contribution in [0.25, 0.3) is 11.1 Å². The highest BCUT2D eigenvalue weighted by atomic mass is 16.5. The first-order valence-corrected chi connectivity index (χ1v) is 6.77. The number of nitrogens with two attached hydrogens (primary N) is 1. The first-order valence-electron chi connectivity index (χ1n) is 6.77. The second-order valence-electron chi connectivity index (χ2n) is 4.63. The zero-order valence-corrected chi connectivity index (χ0v) is 11.6. The topological polar surface area (TPSA) is 52.3 Å². The summed E-state index contributed by atoms with van der Waals surface area (Å²) in [5.74, 6) is -0.349. The van der Waals surface area contributed by atoms with Gasteiger partial charge in [0.15, 0.2) is 0 Å². The summed E-state index contributed by atoms with van der Waals surface area (Å²) in [4.78, 5) is 11.6. The number of hydrogen-bond acceptors (Lipinski definition) is 3. The summed E-state index contributed by atoms with van der Waals surface area (Å²) in [6.07, 6.45) is 0.486. The van der Waals surface area contributed by atoms with E-state index in [9.17, 15) is 4.79 Å². The van der Waals surface area contributed by atoms with E-state index in [0.29, 0.717) is 13.0 Å². The molecule has 0 saturated carbocycles. The molecule has 0 aliphatic carbocycles. The van der Waals surface area contributed by atoms with Gasteiger partial charge in [0.25, 0.3) is 0 Å². The molecule has 104 valence electrons. The van der Waals surface area contributed by atoms with Crippen molar-refractivity contribution >= 4 is 5.97 Å².